The summed E-state index contributed by atoms with van der Waals surface area (Å²) in [4.78, 5) is 12.6. The fraction of sp³-hybridized carbons (Fsp3) is 0.158. The highest BCUT2D eigenvalue weighted by Crippen LogP contribution is 2.22. The molecule has 1 heterocycles. The minimum atomic E-state index is -0.443. The van der Waals surface area contributed by atoms with E-state index in [-0.39, 0.29) is 19.1 Å². The number of nitrogens with zero attached hydrogens (tertiary/aromatic N) is 1. The smallest absolute Gasteiger partial charge is 0.233 e. The summed E-state index contributed by atoms with van der Waals surface area (Å²) in [6.07, 6.45) is 3.56. The molecule has 1 unspecified atom stereocenters. The topological polar surface area (TPSA) is 104 Å². The molecular weight excluding hydrogens is 316 g/mol. The first-order valence-electron chi connectivity index (χ1n) is 8.01. The van der Waals surface area contributed by atoms with Crippen LogP contribution < -0.4 is 11.1 Å². The van der Waals surface area contributed by atoms with Crippen molar-refractivity contribution in [1.82, 2.24) is 10.2 Å². The van der Waals surface area contributed by atoms with E-state index in [1.165, 1.54) is 0 Å². The number of benzene rings is 2. The first-order chi connectivity index (χ1) is 12.2. The molecule has 6 heteroatoms. The summed E-state index contributed by atoms with van der Waals surface area (Å²) >= 11 is 0. The number of anilines is 1. The van der Waals surface area contributed by atoms with Gasteiger partial charge in [0.1, 0.15) is 0 Å². The van der Waals surface area contributed by atoms with Gasteiger partial charge in [0.05, 0.1) is 18.7 Å². The van der Waals surface area contributed by atoms with Gasteiger partial charge in [0.15, 0.2) is 0 Å². The van der Waals surface area contributed by atoms with Crippen molar-refractivity contribution in [2.45, 2.75) is 12.5 Å². The van der Waals surface area contributed by atoms with Crippen LogP contribution in [0.15, 0.2) is 60.9 Å². The Balaban J connectivity index is 1.71. The number of nitrogens with one attached hydrogen (secondary N) is 2. The number of aromatic nitrogens is 2. The van der Waals surface area contributed by atoms with Gasteiger partial charge in [0.2, 0.25) is 5.91 Å². The van der Waals surface area contributed by atoms with Crippen LogP contribution in [0.25, 0.3) is 11.1 Å². The van der Waals surface area contributed by atoms with Gasteiger partial charge < -0.3 is 16.2 Å². The zero-order valence-corrected chi connectivity index (χ0v) is 13.6. The average molecular weight is 336 g/mol. The van der Waals surface area contributed by atoms with E-state index < -0.39 is 5.92 Å². The fourth-order valence-corrected chi connectivity index (χ4v) is 2.63. The van der Waals surface area contributed by atoms with Crippen LogP contribution in [-0.4, -0.2) is 27.8 Å². The summed E-state index contributed by atoms with van der Waals surface area (Å²) in [7, 11) is 0. The normalized spacial score (nSPS) is 11.9. The maximum Gasteiger partial charge on any atom is 0.233 e. The molecule has 0 saturated heterocycles. The number of rotatable bonds is 6. The Morgan fingerprint density at radius 3 is 2.40 bits per heavy atom. The third-order valence-electron chi connectivity index (χ3n) is 4.10. The zero-order valence-electron chi connectivity index (χ0n) is 13.6. The third-order valence-corrected chi connectivity index (χ3v) is 4.10. The van der Waals surface area contributed by atoms with E-state index in [2.05, 4.69) is 15.5 Å². The molecule has 0 spiro atoms. The molecule has 1 aromatic heterocycles. The number of H-pyrrole nitrogens is 1. The molecule has 3 aromatic rings. The summed E-state index contributed by atoms with van der Waals surface area (Å²) < 4.78 is 0. The SMILES string of the molecule is NCC(C(=O)Nc1ccc(-c2cn[nH]c2)cc1)c1ccc(CO)cc1. The zero-order chi connectivity index (χ0) is 17.6. The first-order valence-corrected chi connectivity index (χ1v) is 8.01. The predicted molar refractivity (Wildman–Crippen MR) is 96.8 cm³/mol. The largest absolute Gasteiger partial charge is 0.392 e. The van der Waals surface area contributed by atoms with Gasteiger partial charge in [0, 0.05) is 24.0 Å². The molecule has 0 aliphatic heterocycles. The van der Waals surface area contributed by atoms with Crippen LogP contribution in [0, 0.1) is 0 Å². The predicted octanol–water partition coefficient (Wildman–Crippen LogP) is 2.25. The highest BCUT2D eigenvalue weighted by molar-refractivity contribution is 5.96. The second-order valence-electron chi connectivity index (χ2n) is 5.74. The number of aliphatic hydroxyl groups excluding tert-OH is 1. The number of carbonyl (C=O) groups excluding carboxylic acids is 1. The molecule has 0 aliphatic rings. The van der Waals surface area contributed by atoms with Gasteiger partial charge in [-0.15, -0.1) is 0 Å². The number of hydrogen-bond acceptors (Lipinski definition) is 4. The lowest BCUT2D eigenvalue weighted by Crippen LogP contribution is -2.27. The quantitative estimate of drug-likeness (QED) is 0.554. The standard InChI is InChI=1S/C19H20N4O2/c20-9-18(15-3-1-13(12-24)2-4-15)19(25)23-17-7-5-14(6-8-17)16-10-21-22-11-16/h1-8,10-11,18,24H,9,12,20H2,(H,21,22)(H,23,25). The highest BCUT2D eigenvalue weighted by Gasteiger charge is 2.19. The van der Waals surface area contributed by atoms with Gasteiger partial charge in [-0.05, 0) is 28.8 Å². The minimum Gasteiger partial charge on any atom is -0.392 e. The molecular formula is C19H20N4O2. The summed E-state index contributed by atoms with van der Waals surface area (Å²) in [5.41, 5.74) is 10.1. The molecule has 1 atom stereocenters. The Hall–Kier alpha value is -2.96. The Kier molecular flexibility index (Phi) is 5.23. The van der Waals surface area contributed by atoms with Crippen molar-refractivity contribution >= 4 is 11.6 Å². The lowest BCUT2D eigenvalue weighted by molar-refractivity contribution is -0.117. The Morgan fingerprint density at radius 2 is 1.84 bits per heavy atom. The maximum absolute atomic E-state index is 12.6. The third kappa shape index (κ3) is 3.93. The Bertz CT molecular complexity index is 812. The van der Waals surface area contributed by atoms with Gasteiger partial charge >= 0.3 is 0 Å². The molecule has 1 amide bonds. The maximum atomic E-state index is 12.6. The fourth-order valence-electron chi connectivity index (χ4n) is 2.63. The molecule has 0 radical (unpaired) electrons. The van der Waals surface area contributed by atoms with Crippen LogP contribution in [-0.2, 0) is 11.4 Å². The average Bonchev–Trinajstić information content (AvgIpc) is 3.18. The monoisotopic (exact) mass is 336 g/mol. The van der Waals surface area contributed by atoms with Gasteiger partial charge in [-0.2, -0.15) is 5.10 Å². The Labute approximate surface area is 145 Å². The van der Waals surface area contributed by atoms with E-state index in [9.17, 15) is 4.79 Å². The van der Waals surface area contributed by atoms with E-state index in [0.717, 1.165) is 22.3 Å². The van der Waals surface area contributed by atoms with Crippen LogP contribution in [0.4, 0.5) is 5.69 Å². The summed E-state index contributed by atoms with van der Waals surface area (Å²) in [5, 5.41) is 18.7. The van der Waals surface area contributed by atoms with E-state index in [4.69, 9.17) is 10.8 Å². The van der Waals surface area contributed by atoms with Crippen molar-refractivity contribution in [2.24, 2.45) is 5.73 Å². The van der Waals surface area contributed by atoms with Gasteiger partial charge in [-0.3, -0.25) is 9.89 Å². The summed E-state index contributed by atoms with van der Waals surface area (Å²) in [5.74, 6) is -0.600. The van der Waals surface area contributed by atoms with Crippen LogP contribution in [0.5, 0.6) is 0 Å². The summed E-state index contributed by atoms with van der Waals surface area (Å²) in [6.45, 7) is 0.181. The lowest BCUT2D eigenvalue weighted by Gasteiger charge is -2.16. The molecule has 3 rings (SSSR count). The van der Waals surface area contributed by atoms with Crippen molar-refractivity contribution in [3.05, 3.63) is 72.1 Å². The molecule has 128 valence electrons. The van der Waals surface area contributed by atoms with Gasteiger partial charge in [-0.25, -0.2) is 0 Å². The summed E-state index contributed by atoms with van der Waals surface area (Å²) in [6, 6.07) is 14.8. The van der Waals surface area contributed by atoms with E-state index >= 15 is 0 Å². The molecule has 0 saturated carbocycles. The van der Waals surface area contributed by atoms with Crippen LogP contribution in [0.1, 0.15) is 17.0 Å². The van der Waals surface area contributed by atoms with Crippen LogP contribution in [0.3, 0.4) is 0 Å². The highest BCUT2D eigenvalue weighted by atomic mass is 16.3. The van der Waals surface area contributed by atoms with Crippen molar-refractivity contribution in [3.8, 4) is 11.1 Å². The van der Waals surface area contributed by atoms with Crippen molar-refractivity contribution in [1.29, 1.82) is 0 Å². The molecule has 6 nitrogen and oxygen atoms in total. The number of aliphatic hydroxyl groups is 1. The number of hydrogen-bond donors (Lipinski definition) is 4. The second-order valence-corrected chi connectivity index (χ2v) is 5.74. The van der Waals surface area contributed by atoms with E-state index in [0.29, 0.717) is 5.69 Å². The number of carbonyl (C=O) groups is 1. The molecule has 0 aliphatic carbocycles. The van der Waals surface area contributed by atoms with E-state index in [1.54, 1.807) is 18.3 Å². The van der Waals surface area contributed by atoms with Crippen molar-refractivity contribution < 1.29 is 9.90 Å². The molecule has 0 fully saturated rings. The lowest BCUT2D eigenvalue weighted by atomic mass is 9.97. The first kappa shape index (κ1) is 16.9. The van der Waals surface area contributed by atoms with Crippen molar-refractivity contribution in [3.63, 3.8) is 0 Å². The van der Waals surface area contributed by atoms with E-state index in [1.807, 2.05) is 42.6 Å². The van der Waals surface area contributed by atoms with Gasteiger partial charge in [0.25, 0.3) is 0 Å². The van der Waals surface area contributed by atoms with Crippen molar-refractivity contribution in [2.75, 3.05) is 11.9 Å². The molecule has 2 aromatic carbocycles. The number of nitrogens with two attached hydrogens (primary N) is 1. The van der Waals surface area contributed by atoms with Gasteiger partial charge in [-0.1, -0.05) is 36.4 Å². The Morgan fingerprint density at radius 1 is 1.12 bits per heavy atom. The molecule has 25 heavy (non-hydrogen) atoms. The number of aromatic amines is 1. The second kappa shape index (κ2) is 7.74. The molecule has 5 N–H and O–H groups in total. The number of amides is 1. The van der Waals surface area contributed by atoms with Crippen LogP contribution >= 0.6 is 0 Å². The van der Waals surface area contributed by atoms with Crippen LogP contribution in [0.2, 0.25) is 0 Å². The minimum absolute atomic E-state index is 0.0250. The molecule has 0 bridgehead atoms.